The number of nitrogens with zero attached hydrogens (tertiary/aromatic N) is 3. The predicted molar refractivity (Wildman–Crippen MR) is 78.0 cm³/mol. The van der Waals surface area contributed by atoms with Gasteiger partial charge in [0.05, 0.1) is 30.8 Å². The Morgan fingerprint density at radius 2 is 1.95 bits per heavy atom. The van der Waals surface area contributed by atoms with E-state index in [1.165, 1.54) is 5.01 Å². The van der Waals surface area contributed by atoms with Gasteiger partial charge in [-0.05, 0) is 6.42 Å². The first-order valence-corrected chi connectivity index (χ1v) is 9.25. The summed E-state index contributed by atoms with van der Waals surface area (Å²) < 4.78 is 28.4. The summed E-state index contributed by atoms with van der Waals surface area (Å²) in [7, 11) is -3.10. The fourth-order valence-electron chi connectivity index (χ4n) is 2.93. The van der Waals surface area contributed by atoms with Crippen LogP contribution in [0.15, 0.2) is 5.10 Å². The summed E-state index contributed by atoms with van der Waals surface area (Å²) in [6.45, 7) is 2.04. The topological polar surface area (TPSA) is 96.3 Å². The maximum Gasteiger partial charge on any atom is 0.270 e. The van der Waals surface area contributed by atoms with E-state index in [2.05, 4.69) is 5.10 Å². The summed E-state index contributed by atoms with van der Waals surface area (Å²) in [5.41, 5.74) is 0.339. The molecule has 8 nitrogen and oxygen atoms in total. The first-order chi connectivity index (χ1) is 10.5. The van der Waals surface area contributed by atoms with Crippen molar-refractivity contribution in [2.45, 2.75) is 25.3 Å². The predicted octanol–water partition coefficient (Wildman–Crippen LogP) is -0.989. The zero-order chi connectivity index (χ0) is 15.7. The fraction of sp³-hybridized carbons (Fsp3) is 0.769. The van der Waals surface area contributed by atoms with Crippen molar-refractivity contribution in [3.8, 4) is 0 Å². The second kappa shape index (κ2) is 5.96. The molecular weight excluding hydrogens is 310 g/mol. The third-order valence-corrected chi connectivity index (χ3v) is 5.91. The molecule has 22 heavy (non-hydrogen) atoms. The van der Waals surface area contributed by atoms with Gasteiger partial charge < -0.3 is 9.64 Å². The number of hydrogen-bond donors (Lipinski definition) is 0. The highest BCUT2D eigenvalue weighted by molar-refractivity contribution is 7.91. The van der Waals surface area contributed by atoms with E-state index in [4.69, 9.17) is 4.74 Å². The summed E-state index contributed by atoms with van der Waals surface area (Å²) in [6, 6.07) is -0.440. The molecule has 1 unspecified atom stereocenters. The lowest BCUT2D eigenvalue weighted by atomic mass is 10.1. The quantitative estimate of drug-likeness (QED) is 0.648. The standard InChI is InChI=1S/C13H19N3O5S/c17-12-2-1-11(13(18)15-4-6-21-7-5-15)14-16(12)10-3-8-22(19,20)9-10/h10H,1-9H2. The first kappa shape index (κ1) is 15.4. The van der Waals surface area contributed by atoms with Crippen LogP contribution in [0.25, 0.3) is 0 Å². The number of hydrogen-bond acceptors (Lipinski definition) is 6. The molecule has 3 rings (SSSR count). The van der Waals surface area contributed by atoms with Crippen molar-refractivity contribution in [3.05, 3.63) is 0 Å². The van der Waals surface area contributed by atoms with Crippen LogP contribution in [0.2, 0.25) is 0 Å². The van der Waals surface area contributed by atoms with E-state index < -0.39 is 15.9 Å². The van der Waals surface area contributed by atoms with Crippen molar-refractivity contribution < 1.29 is 22.7 Å². The van der Waals surface area contributed by atoms with Crippen molar-refractivity contribution in [1.29, 1.82) is 0 Å². The van der Waals surface area contributed by atoms with Crippen LogP contribution in [0.4, 0.5) is 0 Å². The largest absolute Gasteiger partial charge is 0.378 e. The highest BCUT2D eigenvalue weighted by atomic mass is 32.2. The van der Waals surface area contributed by atoms with E-state index in [-0.39, 0.29) is 29.7 Å². The van der Waals surface area contributed by atoms with E-state index >= 15 is 0 Å². The maximum absolute atomic E-state index is 12.4. The Morgan fingerprint density at radius 3 is 2.59 bits per heavy atom. The second-order valence-corrected chi connectivity index (χ2v) is 7.98. The lowest BCUT2D eigenvalue weighted by molar-refractivity contribution is -0.134. The first-order valence-electron chi connectivity index (χ1n) is 7.43. The van der Waals surface area contributed by atoms with Crippen molar-refractivity contribution in [3.63, 3.8) is 0 Å². The number of amides is 2. The van der Waals surface area contributed by atoms with Gasteiger partial charge in [0.1, 0.15) is 5.71 Å². The van der Waals surface area contributed by atoms with Gasteiger partial charge in [-0.2, -0.15) is 5.10 Å². The van der Waals surface area contributed by atoms with E-state index in [1.807, 2.05) is 0 Å². The summed E-state index contributed by atoms with van der Waals surface area (Å²) in [5, 5.41) is 5.41. The Labute approximate surface area is 129 Å². The van der Waals surface area contributed by atoms with Gasteiger partial charge in [0.2, 0.25) is 5.91 Å². The molecule has 9 heteroatoms. The Balaban J connectivity index is 1.76. The van der Waals surface area contributed by atoms with Gasteiger partial charge >= 0.3 is 0 Å². The van der Waals surface area contributed by atoms with E-state index in [0.29, 0.717) is 44.9 Å². The summed E-state index contributed by atoms with van der Waals surface area (Å²) >= 11 is 0. The van der Waals surface area contributed by atoms with Crippen LogP contribution >= 0.6 is 0 Å². The molecule has 0 aromatic carbocycles. The number of morpholine rings is 1. The van der Waals surface area contributed by atoms with Crippen molar-refractivity contribution in [2.75, 3.05) is 37.8 Å². The number of ether oxygens (including phenoxy) is 1. The number of hydrazone groups is 1. The molecule has 2 amide bonds. The Kier molecular flexibility index (Phi) is 4.18. The van der Waals surface area contributed by atoms with Gasteiger partial charge in [-0.25, -0.2) is 13.4 Å². The fourth-order valence-corrected chi connectivity index (χ4v) is 4.62. The molecule has 3 heterocycles. The van der Waals surface area contributed by atoms with Crippen molar-refractivity contribution in [2.24, 2.45) is 5.10 Å². The molecule has 2 saturated heterocycles. The lowest BCUT2D eigenvalue weighted by Gasteiger charge is -2.31. The van der Waals surface area contributed by atoms with Gasteiger partial charge in [0.25, 0.3) is 5.91 Å². The average Bonchev–Trinajstić information content (AvgIpc) is 2.88. The van der Waals surface area contributed by atoms with Crippen LogP contribution < -0.4 is 0 Å². The van der Waals surface area contributed by atoms with Crippen molar-refractivity contribution >= 4 is 27.4 Å². The van der Waals surface area contributed by atoms with Gasteiger partial charge in [0.15, 0.2) is 9.84 Å². The number of carbonyl (C=O) groups excluding carboxylic acids is 2. The maximum atomic E-state index is 12.4. The molecule has 0 aliphatic carbocycles. The molecular formula is C13H19N3O5S. The van der Waals surface area contributed by atoms with Crippen LogP contribution in [0, 0.1) is 0 Å². The number of rotatable bonds is 2. The molecule has 0 aromatic rings. The molecule has 0 bridgehead atoms. The van der Waals surface area contributed by atoms with Crippen LogP contribution in [0.3, 0.4) is 0 Å². The third-order valence-electron chi connectivity index (χ3n) is 4.16. The zero-order valence-electron chi connectivity index (χ0n) is 12.2. The highest BCUT2D eigenvalue weighted by Gasteiger charge is 2.37. The van der Waals surface area contributed by atoms with Crippen LogP contribution in [-0.2, 0) is 24.2 Å². The average molecular weight is 329 g/mol. The normalized spacial score (nSPS) is 28.6. The van der Waals surface area contributed by atoms with E-state index in [1.54, 1.807) is 4.90 Å². The molecule has 0 radical (unpaired) electrons. The third kappa shape index (κ3) is 3.14. The zero-order valence-corrected chi connectivity index (χ0v) is 13.0. The van der Waals surface area contributed by atoms with Crippen molar-refractivity contribution in [1.82, 2.24) is 9.91 Å². The SMILES string of the molecule is O=C(C1=NN(C2CCS(=O)(=O)C2)C(=O)CC1)N1CCOCC1. The van der Waals surface area contributed by atoms with Gasteiger partial charge in [0, 0.05) is 25.9 Å². The Bertz CT molecular complexity index is 609. The summed E-state index contributed by atoms with van der Waals surface area (Å²) in [4.78, 5) is 26.1. The Morgan fingerprint density at radius 1 is 1.23 bits per heavy atom. The van der Waals surface area contributed by atoms with E-state index in [0.717, 1.165) is 0 Å². The molecule has 2 fully saturated rings. The van der Waals surface area contributed by atoms with Gasteiger partial charge in [-0.3, -0.25) is 9.59 Å². The second-order valence-electron chi connectivity index (χ2n) is 5.75. The van der Waals surface area contributed by atoms with E-state index in [9.17, 15) is 18.0 Å². The molecule has 0 saturated carbocycles. The molecule has 122 valence electrons. The minimum absolute atomic E-state index is 0.0682. The molecule has 1 atom stereocenters. The molecule has 0 aromatic heterocycles. The molecule has 3 aliphatic rings. The van der Waals surface area contributed by atoms with Crippen LogP contribution in [0.1, 0.15) is 19.3 Å². The van der Waals surface area contributed by atoms with Gasteiger partial charge in [-0.1, -0.05) is 0 Å². The molecule has 3 aliphatic heterocycles. The number of carbonyl (C=O) groups is 2. The highest BCUT2D eigenvalue weighted by Crippen LogP contribution is 2.22. The van der Waals surface area contributed by atoms with Gasteiger partial charge in [-0.15, -0.1) is 0 Å². The van der Waals surface area contributed by atoms with Crippen LogP contribution in [0.5, 0.6) is 0 Å². The number of sulfone groups is 1. The minimum Gasteiger partial charge on any atom is -0.378 e. The Hall–Kier alpha value is -1.48. The smallest absolute Gasteiger partial charge is 0.270 e. The monoisotopic (exact) mass is 329 g/mol. The van der Waals surface area contributed by atoms with Crippen LogP contribution in [-0.4, -0.2) is 79.7 Å². The minimum atomic E-state index is -3.10. The molecule has 0 N–H and O–H groups in total. The summed E-state index contributed by atoms with van der Waals surface area (Å²) in [6.07, 6.45) is 0.896. The molecule has 0 spiro atoms. The summed E-state index contributed by atoms with van der Waals surface area (Å²) in [5.74, 6) is -0.382. The lowest BCUT2D eigenvalue weighted by Crippen LogP contribution is -2.47.